The average molecular weight is 306 g/mol. The number of benzene rings is 1. The van der Waals surface area contributed by atoms with Gasteiger partial charge in [-0.15, -0.1) is 0 Å². The summed E-state index contributed by atoms with van der Waals surface area (Å²) in [4.78, 5) is 0. The Kier molecular flexibility index (Phi) is 5.83. The maximum atomic E-state index is 6.03. The topological polar surface area (TPSA) is 29.9 Å². The van der Waals surface area contributed by atoms with E-state index in [2.05, 4.69) is 48.5 Å². The molecule has 114 valence electrons. The molecule has 0 saturated carbocycles. The SMILES string of the molecule is CCCNCC(C)c1ccc(Cn2ncc(Cl)c2C)cc1. The summed E-state index contributed by atoms with van der Waals surface area (Å²) < 4.78 is 1.93. The zero-order chi connectivity index (χ0) is 15.2. The Morgan fingerprint density at radius 2 is 2.00 bits per heavy atom. The molecule has 2 rings (SSSR count). The Morgan fingerprint density at radius 3 is 2.57 bits per heavy atom. The fraction of sp³-hybridized carbons (Fsp3) is 0.471. The number of hydrogen-bond donors (Lipinski definition) is 1. The summed E-state index contributed by atoms with van der Waals surface area (Å²) in [6.07, 6.45) is 2.88. The van der Waals surface area contributed by atoms with Gasteiger partial charge in [0.2, 0.25) is 0 Å². The summed E-state index contributed by atoms with van der Waals surface area (Å²) in [6, 6.07) is 8.80. The molecule has 0 saturated heterocycles. The van der Waals surface area contributed by atoms with Gasteiger partial charge in [-0.1, -0.05) is 49.7 Å². The Labute approximate surface area is 132 Å². The molecule has 0 aliphatic rings. The van der Waals surface area contributed by atoms with Gasteiger partial charge in [0.15, 0.2) is 0 Å². The highest BCUT2D eigenvalue weighted by atomic mass is 35.5. The number of halogens is 1. The lowest BCUT2D eigenvalue weighted by molar-refractivity contribution is 0.608. The standard InChI is InChI=1S/C17H24ClN3/c1-4-9-19-10-13(2)16-7-5-15(6-8-16)12-21-14(3)17(18)11-20-21/h5-8,11,13,19H,4,9-10,12H2,1-3H3. The van der Waals surface area contributed by atoms with Gasteiger partial charge in [-0.3, -0.25) is 4.68 Å². The third kappa shape index (κ3) is 4.32. The minimum Gasteiger partial charge on any atom is -0.316 e. The lowest BCUT2D eigenvalue weighted by Gasteiger charge is -2.13. The molecular weight excluding hydrogens is 282 g/mol. The third-order valence-electron chi connectivity index (χ3n) is 3.80. The van der Waals surface area contributed by atoms with E-state index in [1.54, 1.807) is 6.20 Å². The van der Waals surface area contributed by atoms with Crippen LogP contribution in [0.2, 0.25) is 5.02 Å². The van der Waals surface area contributed by atoms with Crippen LogP contribution in [0.15, 0.2) is 30.5 Å². The Bertz CT molecular complexity index is 560. The number of nitrogens with one attached hydrogen (secondary N) is 1. The molecule has 0 aliphatic carbocycles. The molecule has 0 amide bonds. The van der Waals surface area contributed by atoms with Crippen molar-refractivity contribution in [3.05, 3.63) is 52.3 Å². The largest absolute Gasteiger partial charge is 0.316 e. The van der Waals surface area contributed by atoms with Crippen molar-refractivity contribution in [2.45, 2.75) is 39.7 Å². The summed E-state index contributed by atoms with van der Waals surface area (Å²) in [6.45, 7) is 9.32. The molecular formula is C17H24ClN3. The van der Waals surface area contributed by atoms with Crippen molar-refractivity contribution in [3.63, 3.8) is 0 Å². The van der Waals surface area contributed by atoms with Crippen molar-refractivity contribution >= 4 is 11.6 Å². The number of rotatable bonds is 7. The first-order valence-electron chi connectivity index (χ1n) is 7.59. The van der Waals surface area contributed by atoms with Crippen LogP contribution in [-0.2, 0) is 6.54 Å². The summed E-state index contributed by atoms with van der Waals surface area (Å²) in [5, 5.41) is 8.49. The summed E-state index contributed by atoms with van der Waals surface area (Å²) >= 11 is 6.03. The molecule has 0 aliphatic heterocycles. The van der Waals surface area contributed by atoms with E-state index in [1.165, 1.54) is 17.5 Å². The lowest BCUT2D eigenvalue weighted by atomic mass is 10.00. The Morgan fingerprint density at radius 1 is 1.29 bits per heavy atom. The maximum absolute atomic E-state index is 6.03. The smallest absolute Gasteiger partial charge is 0.0815 e. The lowest BCUT2D eigenvalue weighted by Crippen LogP contribution is -2.20. The van der Waals surface area contributed by atoms with Crippen molar-refractivity contribution in [2.24, 2.45) is 0 Å². The van der Waals surface area contributed by atoms with Crippen LogP contribution in [0.1, 0.15) is 43.0 Å². The fourth-order valence-corrected chi connectivity index (χ4v) is 2.46. The molecule has 2 aromatic rings. The molecule has 0 fully saturated rings. The first-order valence-corrected chi connectivity index (χ1v) is 7.97. The van der Waals surface area contributed by atoms with Gasteiger partial charge in [-0.05, 0) is 36.9 Å². The first kappa shape index (κ1) is 16.1. The molecule has 1 atom stereocenters. The number of nitrogens with zero attached hydrogens (tertiary/aromatic N) is 2. The zero-order valence-corrected chi connectivity index (χ0v) is 13.8. The minimum atomic E-state index is 0.534. The molecule has 1 heterocycles. The predicted molar refractivity (Wildman–Crippen MR) is 89.1 cm³/mol. The number of hydrogen-bond acceptors (Lipinski definition) is 2. The fourth-order valence-electron chi connectivity index (χ4n) is 2.32. The van der Waals surface area contributed by atoms with E-state index >= 15 is 0 Å². The molecule has 1 unspecified atom stereocenters. The van der Waals surface area contributed by atoms with E-state index in [1.807, 2.05) is 11.6 Å². The van der Waals surface area contributed by atoms with Crippen molar-refractivity contribution in [1.82, 2.24) is 15.1 Å². The van der Waals surface area contributed by atoms with Crippen LogP contribution in [0, 0.1) is 6.92 Å². The molecule has 4 heteroatoms. The van der Waals surface area contributed by atoms with Crippen molar-refractivity contribution in [2.75, 3.05) is 13.1 Å². The summed E-state index contributed by atoms with van der Waals surface area (Å²) in [7, 11) is 0. The molecule has 21 heavy (non-hydrogen) atoms. The van der Waals surface area contributed by atoms with Gasteiger partial charge in [-0.25, -0.2) is 0 Å². The van der Waals surface area contributed by atoms with E-state index in [-0.39, 0.29) is 0 Å². The second-order valence-electron chi connectivity index (χ2n) is 5.58. The van der Waals surface area contributed by atoms with E-state index in [9.17, 15) is 0 Å². The van der Waals surface area contributed by atoms with Gasteiger partial charge in [-0.2, -0.15) is 5.10 Å². The van der Waals surface area contributed by atoms with Crippen LogP contribution >= 0.6 is 11.6 Å². The Balaban J connectivity index is 1.97. The van der Waals surface area contributed by atoms with Crippen LogP contribution in [-0.4, -0.2) is 22.9 Å². The van der Waals surface area contributed by atoms with Gasteiger partial charge in [0.05, 0.1) is 23.5 Å². The third-order valence-corrected chi connectivity index (χ3v) is 4.17. The molecule has 1 aromatic heterocycles. The maximum Gasteiger partial charge on any atom is 0.0815 e. The second kappa shape index (κ2) is 7.62. The molecule has 1 N–H and O–H groups in total. The van der Waals surface area contributed by atoms with Crippen molar-refractivity contribution in [1.29, 1.82) is 0 Å². The van der Waals surface area contributed by atoms with E-state index in [4.69, 9.17) is 11.6 Å². The van der Waals surface area contributed by atoms with E-state index in [0.29, 0.717) is 5.92 Å². The molecule has 0 bridgehead atoms. The summed E-state index contributed by atoms with van der Waals surface area (Å²) in [5.41, 5.74) is 3.63. The van der Waals surface area contributed by atoms with Gasteiger partial charge in [0.25, 0.3) is 0 Å². The zero-order valence-electron chi connectivity index (χ0n) is 13.1. The first-order chi connectivity index (χ1) is 10.1. The monoisotopic (exact) mass is 305 g/mol. The van der Waals surface area contributed by atoms with Gasteiger partial charge in [0, 0.05) is 6.54 Å². The highest BCUT2D eigenvalue weighted by Crippen LogP contribution is 2.18. The van der Waals surface area contributed by atoms with Crippen LogP contribution < -0.4 is 5.32 Å². The molecule has 3 nitrogen and oxygen atoms in total. The molecule has 1 aromatic carbocycles. The quantitative estimate of drug-likeness (QED) is 0.784. The highest BCUT2D eigenvalue weighted by Gasteiger charge is 2.07. The van der Waals surface area contributed by atoms with Crippen LogP contribution in [0.25, 0.3) is 0 Å². The Hall–Kier alpha value is -1.32. The van der Waals surface area contributed by atoms with Crippen LogP contribution in [0.5, 0.6) is 0 Å². The van der Waals surface area contributed by atoms with Gasteiger partial charge < -0.3 is 5.32 Å². The highest BCUT2D eigenvalue weighted by molar-refractivity contribution is 6.31. The predicted octanol–water partition coefficient (Wildman–Crippen LogP) is 4.00. The molecule has 0 spiro atoms. The van der Waals surface area contributed by atoms with Crippen molar-refractivity contribution in [3.8, 4) is 0 Å². The van der Waals surface area contributed by atoms with Gasteiger partial charge in [0.1, 0.15) is 0 Å². The minimum absolute atomic E-state index is 0.534. The van der Waals surface area contributed by atoms with Crippen LogP contribution in [0.4, 0.5) is 0 Å². The van der Waals surface area contributed by atoms with E-state index < -0.39 is 0 Å². The van der Waals surface area contributed by atoms with Gasteiger partial charge >= 0.3 is 0 Å². The summed E-state index contributed by atoms with van der Waals surface area (Å²) in [5.74, 6) is 0.534. The van der Waals surface area contributed by atoms with E-state index in [0.717, 1.165) is 30.4 Å². The van der Waals surface area contributed by atoms with Crippen molar-refractivity contribution < 1.29 is 0 Å². The second-order valence-corrected chi connectivity index (χ2v) is 5.99. The normalized spacial score (nSPS) is 12.6. The number of aromatic nitrogens is 2. The average Bonchev–Trinajstić information content (AvgIpc) is 2.80. The van der Waals surface area contributed by atoms with Crippen LogP contribution in [0.3, 0.4) is 0 Å². The molecule has 0 radical (unpaired) electrons.